The molecule has 1 aliphatic heterocycles. The molecule has 1 atom stereocenters. The fourth-order valence-electron chi connectivity index (χ4n) is 3.23. The third kappa shape index (κ3) is 4.37. The molecular formula is C23H19BrN2O3S. The van der Waals surface area contributed by atoms with Gasteiger partial charge in [-0.2, -0.15) is 0 Å². The van der Waals surface area contributed by atoms with Gasteiger partial charge in [0.25, 0.3) is 5.91 Å². The Hall–Kier alpha value is -2.77. The van der Waals surface area contributed by atoms with Crippen LogP contribution in [0.5, 0.6) is 5.75 Å². The molecule has 1 saturated heterocycles. The van der Waals surface area contributed by atoms with E-state index in [0.717, 1.165) is 21.5 Å². The summed E-state index contributed by atoms with van der Waals surface area (Å²) < 4.78 is 6.13. The van der Waals surface area contributed by atoms with E-state index in [0.29, 0.717) is 17.0 Å². The van der Waals surface area contributed by atoms with E-state index in [-0.39, 0.29) is 17.2 Å². The number of carbonyl (C=O) groups is 2. The standard InChI is InChI=1S/C23H19BrN2O3S/c1-29-20-12-10-19(11-13-20)26-21(27)14-30-23(26)16-4-8-18(9-5-16)25-22(28)15-2-6-17(24)7-3-15/h2-13,23H,14H2,1H3,(H,25,28). The molecule has 4 rings (SSSR count). The van der Waals surface area contributed by atoms with Crippen molar-refractivity contribution in [2.45, 2.75) is 5.37 Å². The van der Waals surface area contributed by atoms with Crippen LogP contribution in [0.1, 0.15) is 21.3 Å². The van der Waals surface area contributed by atoms with Crippen LogP contribution in [0.2, 0.25) is 0 Å². The van der Waals surface area contributed by atoms with E-state index >= 15 is 0 Å². The number of nitrogens with zero attached hydrogens (tertiary/aromatic N) is 1. The lowest BCUT2D eigenvalue weighted by molar-refractivity contribution is -0.115. The summed E-state index contributed by atoms with van der Waals surface area (Å²) in [7, 11) is 1.62. The number of hydrogen-bond donors (Lipinski definition) is 1. The summed E-state index contributed by atoms with van der Waals surface area (Å²) in [4.78, 5) is 26.7. The highest BCUT2D eigenvalue weighted by Gasteiger charge is 2.34. The van der Waals surface area contributed by atoms with Crippen LogP contribution in [0.25, 0.3) is 0 Å². The number of ether oxygens (including phenoxy) is 1. The fraction of sp³-hybridized carbons (Fsp3) is 0.130. The zero-order valence-electron chi connectivity index (χ0n) is 16.2. The van der Waals surface area contributed by atoms with E-state index in [1.807, 2.05) is 60.7 Å². The molecule has 1 N–H and O–H groups in total. The summed E-state index contributed by atoms with van der Waals surface area (Å²) in [6, 6.07) is 22.3. The van der Waals surface area contributed by atoms with Gasteiger partial charge in [-0.1, -0.05) is 28.1 Å². The summed E-state index contributed by atoms with van der Waals surface area (Å²) in [5.74, 6) is 1.09. The Kier molecular flexibility index (Phi) is 6.11. The van der Waals surface area contributed by atoms with Gasteiger partial charge >= 0.3 is 0 Å². The topological polar surface area (TPSA) is 58.6 Å². The van der Waals surface area contributed by atoms with Crippen molar-refractivity contribution in [2.24, 2.45) is 0 Å². The fourth-order valence-corrected chi connectivity index (χ4v) is 4.67. The Labute approximate surface area is 187 Å². The first-order chi connectivity index (χ1) is 14.5. The molecule has 7 heteroatoms. The van der Waals surface area contributed by atoms with E-state index < -0.39 is 0 Å². The molecule has 3 aromatic rings. The number of methoxy groups -OCH3 is 1. The molecule has 2 amide bonds. The normalized spacial score (nSPS) is 15.9. The predicted octanol–water partition coefficient (Wildman–Crippen LogP) is 5.49. The van der Waals surface area contributed by atoms with E-state index in [9.17, 15) is 9.59 Å². The molecule has 0 saturated carbocycles. The predicted molar refractivity (Wildman–Crippen MR) is 124 cm³/mol. The zero-order valence-corrected chi connectivity index (χ0v) is 18.6. The molecule has 0 spiro atoms. The Morgan fingerprint density at radius 1 is 1.03 bits per heavy atom. The van der Waals surface area contributed by atoms with Crippen LogP contribution in [0.15, 0.2) is 77.3 Å². The van der Waals surface area contributed by atoms with Gasteiger partial charge in [0.15, 0.2) is 0 Å². The first kappa shape index (κ1) is 20.5. The largest absolute Gasteiger partial charge is 0.497 e. The Morgan fingerprint density at radius 3 is 2.33 bits per heavy atom. The van der Waals surface area contributed by atoms with Gasteiger partial charge in [-0.05, 0) is 66.2 Å². The minimum Gasteiger partial charge on any atom is -0.497 e. The average molecular weight is 483 g/mol. The minimum absolute atomic E-state index is 0.0720. The number of nitrogens with one attached hydrogen (secondary N) is 1. The third-order valence-corrected chi connectivity index (χ3v) is 6.52. The van der Waals surface area contributed by atoms with Gasteiger partial charge in [0.2, 0.25) is 5.91 Å². The van der Waals surface area contributed by atoms with Crippen molar-refractivity contribution in [1.29, 1.82) is 0 Å². The summed E-state index contributed by atoms with van der Waals surface area (Å²) >= 11 is 4.95. The molecule has 30 heavy (non-hydrogen) atoms. The number of amides is 2. The number of rotatable bonds is 5. The monoisotopic (exact) mass is 482 g/mol. The van der Waals surface area contributed by atoms with Crippen LogP contribution in [-0.4, -0.2) is 24.7 Å². The highest BCUT2D eigenvalue weighted by molar-refractivity contribution is 9.10. The smallest absolute Gasteiger partial charge is 0.255 e. The average Bonchev–Trinajstić information content (AvgIpc) is 3.16. The number of anilines is 2. The van der Waals surface area contributed by atoms with Crippen molar-refractivity contribution < 1.29 is 14.3 Å². The molecule has 1 unspecified atom stereocenters. The molecule has 0 bridgehead atoms. The number of hydrogen-bond acceptors (Lipinski definition) is 4. The molecule has 0 aliphatic carbocycles. The maximum atomic E-state index is 12.5. The molecule has 1 fully saturated rings. The lowest BCUT2D eigenvalue weighted by Crippen LogP contribution is -2.27. The van der Waals surface area contributed by atoms with Crippen molar-refractivity contribution in [3.05, 3.63) is 88.4 Å². The van der Waals surface area contributed by atoms with Gasteiger partial charge in [-0.25, -0.2) is 0 Å². The molecular weight excluding hydrogens is 464 g/mol. The van der Waals surface area contributed by atoms with Crippen molar-refractivity contribution in [1.82, 2.24) is 0 Å². The molecule has 3 aromatic carbocycles. The third-order valence-electron chi connectivity index (χ3n) is 4.78. The van der Waals surface area contributed by atoms with Gasteiger partial charge in [0, 0.05) is 21.4 Å². The molecule has 0 radical (unpaired) electrons. The second kappa shape index (κ2) is 8.93. The van der Waals surface area contributed by atoms with Gasteiger partial charge in [0.05, 0.1) is 12.9 Å². The van der Waals surface area contributed by atoms with Crippen molar-refractivity contribution in [2.75, 3.05) is 23.1 Å². The molecule has 5 nitrogen and oxygen atoms in total. The van der Waals surface area contributed by atoms with Crippen LogP contribution in [0, 0.1) is 0 Å². The molecule has 152 valence electrons. The van der Waals surface area contributed by atoms with Crippen molar-refractivity contribution >= 4 is 50.9 Å². The van der Waals surface area contributed by atoms with Crippen LogP contribution < -0.4 is 15.0 Å². The molecule has 0 aromatic heterocycles. The Bertz CT molecular complexity index is 1050. The molecule has 1 aliphatic rings. The number of carbonyl (C=O) groups excluding carboxylic acids is 2. The van der Waals surface area contributed by atoms with Gasteiger partial charge in [-0.3, -0.25) is 14.5 Å². The highest BCUT2D eigenvalue weighted by Crippen LogP contribution is 2.42. The SMILES string of the molecule is COc1ccc(N2C(=O)CSC2c2ccc(NC(=O)c3ccc(Br)cc3)cc2)cc1. The van der Waals surface area contributed by atoms with Crippen LogP contribution in [-0.2, 0) is 4.79 Å². The number of thioether (sulfide) groups is 1. The summed E-state index contributed by atoms with van der Waals surface area (Å²) in [5, 5.41) is 2.80. The minimum atomic E-state index is -0.166. The van der Waals surface area contributed by atoms with Gasteiger partial charge < -0.3 is 10.1 Å². The first-order valence-corrected chi connectivity index (χ1v) is 11.1. The molecule has 1 heterocycles. The van der Waals surface area contributed by atoms with Gasteiger partial charge in [-0.15, -0.1) is 11.8 Å². The zero-order chi connectivity index (χ0) is 21.1. The maximum Gasteiger partial charge on any atom is 0.255 e. The van der Waals surface area contributed by atoms with E-state index in [1.165, 1.54) is 0 Å². The van der Waals surface area contributed by atoms with Crippen LogP contribution >= 0.6 is 27.7 Å². The van der Waals surface area contributed by atoms with Crippen LogP contribution in [0.4, 0.5) is 11.4 Å². The summed E-state index contributed by atoms with van der Waals surface area (Å²) in [5.41, 5.74) is 3.13. The second-order valence-corrected chi connectivity index (χ2v) is 8.69. The number of benzene rings is 3. The van der Waals surface area contributed by atoms with E-state index in [4.69, 9.17) is 4.74 Å². The van der Waals surface area contributed by atoms with Crippen molar-refractivity contribution in [3.63, 3.8) is 0 Å². The second-order valence-electron chi connectivity index (χ2n) is 6.71. The van der Waals surface area contributed by atoms with E-state index in [1.54, 1.807) is 35.9 Å². The summed E-state index contributed by atoms with van der Waals surface area (Å²) in [6.07, 6.45) is 0. The van der Waals surface area contributed by atoms with E-state index in [2.05, 4.69) is 21.2 Å². The maximum absolute atomic E-state index is 12.5. The lowest BCUT2D eigenvalue weighted by atomic mass is 10.1. The lowest BCUT2D eigenvalue weighted by Gasteiger charge is -2.24. The van der Waals surface area contributed by atoms with Gasteiger partial charge in [0.1, 0.15) is 11.1 Å². The Morgan fingerprint density at radius 2 is 1.70 bits per heavy atom. The highest BCUT2D eigenvalue weighted by atomic mass is 79.9. The summed E-state index contributed by atoms with van der Waals surface area (Å²) in [6.45, 7) is 0. The quantitative estimate of drug-likeness (QED) is 0.522. The Balaban J connectivity index is 1.50. The van der Waals surface area contributed by atoms with Crippen molar-refractivity contribution in [3.8, 4) is 5.75 Å². The first-order valence-electron chi connectivity index (χ1n) is 9.30. The van der Waals surface area contributed by atoms with Crippen LogP contribution in [0.3, 0.4) is 0 Å². The number of halogens is 1.